The van der Waals surface area contributed by atoms with Crippen LogP contribution < -0.4 is 0 Å². The minimum atomic E-state index is -0.549. The molecule has 1 unspecified atom stereocenters. The summed E-state index contributed by atoms with van der Waals surface area (Å²) in [5, 5.41) is -0.549. The van der Waals surface area contributed by atoms with Crippen LogP contribution in [0.25, 0.3) is 0 Å². The van der Waals surface area contributed by atoms with Crippen LogP contribution in [0.2, 0.25) is 0 Å². The largest absolute Gasteiger partial charge is 0.298 e. The minimum absolute atomic E-state index is 0.0382. The molecule has 0 fully saturated rings. The summed E-state index contributed by atoms with van der Waals surface area (Å²) in [6.45, 7) is 3.40. The highest BCUT2D eigenvalue weighted by Crippen LogP contribution is 2.27. The second-order valence-corrected chi connectivity index (χ2v) is 3.88. The van der Waals surface area contributed by atoms with Crippen molar-refractivity contribution >= 4 is 30.0 Å². The lowest BCUT2D eigenvalue weighted by molar-refractivity contribution is -0.116. The summed E-state index contributed by atoms with van der Waals surface area (Å²) in [6, 6.07) is 5.59. The molecule has 0 bridgehead atoms. The van der Waals surface area contributed by atoms with Gasteiger partial charge in [0.1, 0.15) is 5.38 Å². The number of carbonyl (C=O) groups is 1. The number of hydrogen-bond acceptors (Lipinski definition) is 2. The van der Waals surface area contributed by atoms with E-state index >= 15 is 0 Å². The fraction of sp³-hybridized carbons (Fsp3) is 0.300. The monoisotopic (exact) mass is 214 g/mol. The Labute approximate surface area is 88.5 Å². The van der Waals surface area contributed by atoms with Gasteiger partial charge in [0.2, 0.25) is 0 Å². The highest BCUT2D eigenvalue weighted by Gasteiger charge is 2.15. The molecule has 70 valence electrons. The van der Waals surface area contributed by atoms with Gasteiger partial charge in [0.05, 0.1) is 0 Å². The fourth-order valence-corrected chi connectivity index (χ4v) is 1.59. The highest BCUT2D eigenvalue weighted by molar-refractivity contribution is 7.80. The Balaban J connectivity index is 3.15. The molecule has 1 rings (SSSR count). The quantitative estimate of drug-likeness (QED) is 0.591. The number of hydrogen-bond donors (Lipinski definition) is 1. The van der Waals surface area contributed by atoms with Gasteiger partial charge >= 0.3 is 0 Å². The van der Waals surface area contributed by atoms with E-state index in [0.717, 1.165) is 16.0 Å². The van der Waals surface area contributed by atoms with Gasteiger partial charge in [0.15, 0.2) is 5.78 Å². The summed E-state index contributed by atoms with van der Waals surface area (Å²) < 4.78 is 0. The zero-order chi connectivity index (χ0) is 10.0. The van der Waals surface area contributed by atoms with E-state index < -0.39 is 5.38 Å². The van der Waals surface area contributed by atoms with Crippen LogP contribution in [-0.2, 0) is 4.79 Å². The van der Waals surface area contributed by atoms with E-state index in [1.165, 1.54) is 6.92 Å². The molecule has 0 radical (unpaired) electrons. The lowest BCUT2D eigenvalue weighted by atomic mass is 10.0. The molecule has 0 aromatic heterocycles. The van der Waals surface area contributed by atoms with Crippen LogP contribution in [0.3, 0.4) is 0 Å². The van der Waals surface area contributed by atoms with Crippen LogP contribution in [0.4, 0.5) is 0 Å². The topological polar surface area (TPSA) is 17.1 Å². The summed E-state index contributed by atoms with van der Waals surface area (Å²) >= 11 is 10.2. The molecule has 0 aliphatic carbocycles. The van der Waals surface area contributed by atoms with Crippen molar-refractivity contribution in [2.75, 3.05) is 0 Å². The molecular weight excluding hydrogens is 204 g/mol. The maximum Gasteiger partial charge on any atom is 0.152 e. The first-order valence-corrected chi connectivity index (χ1v) is 4.85. The Morgan fingerprint density at radius 3 is 2.69 bits per heavy atom. The SMILES string of the molecule is CC(=O)C(Cl)c1cccc(S)c1C. The molecule has 13 heavy (non-hydrogen) atoms. The molecule has 0 heterocycles. The molecule has 0 spiro atoms. The van der Waals surface area contributed by atoms with E-state index in [0.29, 0.717) is 0 Å². The normalized spacial score (nSPS) is 12.6. The summed E-state index contributed by atoms with van der Waals surface area (Å²) in [5.41, 5.74) is 1.82. The van der Waals surface area contributed by atoms with Crippen molar-refractivity contribution in [3.63, 3.8) is 0 Å². The second-order valence-electron chi connectivity index (χ2n) is 2.96. The van der Waals surface area contributed by atoms with Gasteiger partial charge in [-0.05, 0) is 31.0 Å². The van der Waals surface area contributed by atoms with Crippen LogP contribution in [-0.4, -0.2) is 5.78 Å². The Hall–Kier alpha value is -0.470. The van der Waals surface area contributed by atoms with Gasteiger partial charge in [-0.15, -0.1) is 24.2 Å². The van der Waals surface area contributed by atoms with E-state index in [1.54, 1.807) is 0 Å². The average molecular weight is 215 g/mol. The number of benzene rings is 1. The zero-order valence-electron chi connectivity index (χ0n) is 7.54. The molecule has 0 aliphatic rings. The predicted octanol–water partition coefficient (Wildman–Crippen LogP) is 3.15. The average Bonchev–Trinajstić information content (AvgIpc) is 2.08. The first-order valence-electron chi connectivity index (χ1n) is 3.97. The number of ketones is 1. The Bertz CT molecular complexity index is 336. The number of rotatable bonds is 2. The number of carbonyl (C=O) groups excluding carboxylic acids is 1. The van der Waals surface area contributed by atoms with Gasteiger partial charge in [-0.3, -0.25) is 4.79 Å². The van der Waals surface area contributed by atoms with Crippen molar-refractivity contribution < 1.29 is 4.79 Å². The Morgan fingerprint density at radius 1 is 1.54 bits per heavy atom. The standard InChI is InChI=1S/C10H11ClOS/c1-6-8(10(11)7(2)12)4-3-5-9(6)13/h3-5,10,13H,1-2H3. The predicted molar refractivity (Wildman–Crippen MR) is 57.7 cm³/mol. The van der Waals surface area contributed by atoms with Crippen molar-refractivity contribution in [2.45, 2.75) is 24.1 Å². The lowest BCUT2D eigenvalue weighted by Gasteiger charge is -2.10. The van der Waals surface area contributed by atoms with Crippen molar-refractivity contribution in [2.24, 2.45) is 0 Å². The molecule has 3 heteroatoms. The first-order chi connectivity index (χ1) is 6.04. The van der Waals surface area contributed by atoms with Crippen molar-refractivity contribution in [3.8, 4) is 0 Å². The van der Waals surface area contributed by atoms with E-state index in [2.05, 4.69) is 12.6 Å². The molecule has 0 aliphatic heterocycles. The number of Topliss-reactive ketones (excluding diaryl/α,β-unsaturated/α-hetero) is 1. The van der Waals surface area contributed by atoms with Crippen LogP contribution in [0.15, 0.2) is 23.1 Å². The number of alkyl halides is 1. The van der Waals surface area contributed by atoms with Gasteiger partial charge in [0.25, 0.3) is 0 Å². The summed E-state index contributed by atoms with van der Waals surface area (Å²) in [4.78, 5) is 11.9. The molecule has 0 amide bonds. The molecule has 1 aromatic rings. The summed E-state index contributed by atoms with van der Waals surface area (Å²) in [7, 11) is 0. The van der Waals surface area contributed by atoms with Crippen molar-refractivity contribution in [3.05, 3.63) is 29.3 Å². The van der Waals surface area contributed by atoms with E-state index in [9.17, 15) is 4.79 Å². The van der Waals surface area contributed by atoms with Crippen LogP contribution in [0.5, 0.6) is 0 Å². The Morgan fingerprint density at radius 2 is 2.15 bits per heavy atom. The zero-order valence-corrected chi connectivity index (χ0v) is 9.19. The molecule has 0 saturated carbocycles. The second kappa shape index (κ2) is 4.16. The molecule has 1 atom stereocenters. The minimum Gasteiger partial charge on any atom is -0.298 e. The smallest absolute Gasteiger partial charge is 0.152 e. The van der Waals surface area contributed by atoms with Gasteiger partial charge in [-0.25, -0.2) is 0 Å². The van der Waals surface area contributed by atoms with Gasteiger partial charge in [-0.2, -0.15) is 0 Å². The molecular formula is C10H11ClOS. The number of halogens is 1. The van der Waals surface area contributed by atoms with E-state index in [1.807, 2.05) is 25.1 Å². The number of thiol groups is 1. The highest BCUT2D eigenvalue weighted by atomic mass is 35.5. The lowest BCUT2D eigenvalue weighted by Crippen LogP contribution is -2.03. The molecule has 1 nitrogen and oxygen atoms in total. The van der Waals surface area contributed by atoms with Crippen LogP contribution in [0, 0.1) is 6.92 Å². The molecule has 0 saturated heterocycles. The maximum atomic E-state index is 11.1. The van der Waals surface area contributed by atoms with Gasteiger partial charge < -0.3 is 0 Å². The third-order valence-corrected chi connectivity index (χ3v) is 3.00. The maximum absolute atomic E-state index is 11.1. The first kappa shape index (κ1) is 10.6. The van der Waals surface area contributed by atoms with Crippen molar-refractivity contribution in [1.82, 2.24) is 0 Å². The van der Waals surface area contributed by atoms with Crippen LogP contribution >= 0.6 is 24.2 Å². The van der Waals surface area contributed by atoms with Crippen LogP contribution in [0.1, 0.15) is 23.4 Å². The Kier molecular flexibility index (Phi) is 3.40. The third-order valence-electron chi connectivity index (χ3n) is 1.98. The summed E-state index contributed by atoms with van der Waals surface area (Å²) in [6.07, 6.45) is 0. The van der Waals surface area contributed by atoms with E-state index in [4.69, 9.17) is 11.6 Å². The summed E-state index contributed by atoms with van der Waals surface area (Å²) in [5.74, 6) is -0.0382. The van der Waals surface area contributed by atoms with Gasteiger partial charge in [0, 0.05) is 4.90 Å². The van der Waals surface area contributed by atoms with Crippen molar-refractivity contribution in [1.29, 1.82) is 0 Å². The molecule has 1 aromatic carbocycles. The fourth-order valence-electron chi connectivity index (χ4n) is 1.13. The van der Waals surface area contributed by atoms with Gasteiger partial charge in [-0.1, -0.05) is 12.1 Å². The van der Waals surface area contributed by atoms with E-state index in [-0.39, 0.29) is 5.78 Å². The third kappa shape index (κ3) is 2.26. The molecule has 0 N–H and O–H groups in total.